The first-order chi connectivity index (χ1) is 14.3. The fourth-order valence-corrected chi connectivity index (χ4v) is 4.28. The molecule has 176 valence electrons. The van der Waals surface area contributed by atoms with Gasteiger partial charge in [-0.15, -0.1) is 0 Å². The Kier molecular flexibility index (Phi) is 26.0. The van der Waals surface area contributed by atoms with Crippen LogP contribution < -0.4 is 0 Å². The van der Waals surface area contributed by atoms with E-state index in [9.17, 15) is 0 Å². The predicted octanol–water partition coefficient (Wildman–Crippen LogP) is 10.4. The van der Waals surface area contributed by atoms with Crippen molar-refractivity contribution in [2.24, 2.45) is 0 Å². The minimum Gasteiger partial charge on any atom is -0.378 e. The lowest BCUT2D eigenvalue weighted by Gasteiger charge is -2.18. The van der Waals surface area contributed by atoms with Gasteiger partial charge in [0.1, 0.15) is 0 Å². The molecule has 0 fully saturated rings. The van der Waals surface area contributed by atoms with Gasteiger partial charge < -0.3 is 4.74 Å². The second-order valence-corrected chi connectivity index (χ2v) is 9.43. The Hall–Kier alpha value is -0.0400. The summed E-state index contributed by atoms with van der Waals surface area (Å²) in [6, 6.07) is 0. The molecule has 1 unspecified atom stereocenters. The largest absolute Gasteiger partial charge is 0.378 e. The molecule has 0 aliphatic rings. The van der Waals surface area contributed by atoms with Crippen LogP contribution in [0.25, 0.3) is 0 Å². The fourth-order valence-electron chi connectivity index (χ4n) is 4.28. The highest BCUT2D eigenvalue weighted by molar-refractivity contribution is 4.60. The molecular formula is C28H58O. The summed E-state index contributed by atoms with van der Waals surface area (Å²) in [6.45, 7) is 7.91. The summed E-state index contributed by atoms with van der Waals surface area (Å²) in [5, 5.41) is 0. The van der Waals surface area contributed by atoms with Crippen LogP contribution in [0.1, 0.15) is 168 Å². The first-order valence-corrected chi connectivity index (χ1v) is 14.0. The van der Waals surface area contributed by atoms with E-state index in [0.717, 1.165) is 6.61 Å². The molecule has 0 saturated carbocycles. The van der Waals surface area contributed by atoms with Crippen LogP contribution in [-0.2, 0) is 4.74 Å². The normalized spacial score (nSPS) is 12.5. The molecule has 0 aromatic heterocycles. The average Bonchev–Trinajstić information content (AvgIpc) is 2.73. The van der Waals surface area contributed by atoms with Crippen LogP contribution in [0, 0.1) is 0 Å². The van der Waals surface area contributed by atoms with Crippen molar-refractivity contribution in [3.63, 3.8) is 0 Å². The Morgan fingerprint density at radius 3 is 1.14 bits per heavy atom. The molecule has 0 saturated heterocycles. The molecule has 1 nitrogen and oxygen atoms in total. The maximum Gasteiger partial charge on any atom is 0.0575 e. The maximum atomic E-state index is 6.32. The van der Waals surface area contributed by atoms with E-state index in [0.29, 0.717) is 6.10 Å². The zero-order chi connectivity index (χ0) is 21.3. The highest BCUT2D eigenvalue weighted by Gasteiger charge is 2.08. The lowest BCUT2D eigenvalue weighted by molar-refractivity contribution is 0.0358. The molecule has 0 heterocycles. The third-order valence-corrected chi connectivity index (χ3v) is 6.36. The molecule has 0 aromatic rings. The standard InChI is InChI=1S/C28H58O/c1-4-7-10-12-14-15-16-17-19-21-24-27-29-28(25-22-9-6-3)26-23-20-18-13-11-8-5-2/h28H,4-27H2,1-3H3. The SMILES string of the molecule is CCCCCCCCCCCCCOC(CCCCC)CCCCCCCCC. The van der Waals surface area contributed by atoms with Crippen LogP contribution in [0.3, 0.4) is 0 Å². The monoisotopic (exact) mass is 410 g/mol. The third kappa shape index (κ3) is 24.1. The summed E-state index contributed by atoms with van der Waals surface area (Å²) in [4.78, 5) is 0. The molecule has 29 heavy (non-hydrogen) atoms. The summed E-state index contributed by atoms with van der Waals surface area (Å²) in [6.07, 6.45) is 32.6. The quantitative estimate of drug-likeness (QED) is 0.136. The minimum absolute atomic E-state index is 0.542. The number of hydrogen-bond donors (Lipinski definition) is 0. The Morgan fingerprint density at radius 2 is 0.690 bits per heavy atom. The van der Waals surface area contributed by atoms with Gasteiger partial charge in [0, 0.05) is 6.61 Å². The number of ether oxygens (including phenoxy) is 1. The molecule has 0 aliphatic carbocycles. The van der Waals surface area contributed by atoms with Crippen LogP contribution in [0.15, 0.2) is 0 Å². The van der Waals surface area contributed by atoms with Crippen molar-refractivity contribution in [1.29, 1.82) is 0 Å². The van der Waals surface area contributed by atoms with Gasteiger partial charge in [0.05, 0.1) is 6.10 Å². The van der Waals surface area contributed by atoms with Gasteiger partial charge in [-0.3, -0.25) is 0 Å². The Labute approximate surface area is 186 Å². The third-order valence-electron chi connectivity index (χ3n) is 6.36. The molecule has 0 rings (SSSR count). The van der Waals surface area contributed by atoms with E-state index < -0.39 is 0 Å². The number of unbranched alkanes of at least 4 members (excludes halogenated alkanes) is 18. The molecule has 0 aliphatic heterocycles. The fraction of sp³-hybridized carbons (Fsp3) is 1.00. The second kappa shape index (κ2) is 26.0. The van der Waals surface area contributed by atoms with Gasteiger partial charge in [-0.25, -0.2) is 0 Å². The van der Waals surface area contributed by atoms with Gasteiger partial charge in [0.25, 0.3) is 0 Å². The molecule has 0 radical (unpaired) electrons. The van der Waals surface area contributed by atoms with Crippen LogP contribution >= 0.6 is 0 Å². The highest BCUT2D eigenvalue weighted by Crippen LogP contribution is 2.17. The van der Waals surface area contributed by atoms with Crippen molar-refractivity contribution in [3.8, 4) is 0 Å². The van der Waals surface area contributed by atoms with E-state index in [1.54, 1.807) is 0 Å². The van der Waals surface area contributed by atoms with Gasteiger partial charge in [-0.05, 0) is 19.3 Å². The highest BCUT2D eigenvalue weighted by atomic mass is 16.5. The zero-order valence-corrected chi connectivity index (χ0v) is 21.0. The molecule has 0 spiro atoms. The summed E-state index contributed by atoms with van der Waals surface area (Å²) in [5.41, 5.74) is 0. The summed E-state index contributed by atoms with van der Waals surface area (Å²) < 4.78 is 6.32. The van der Waals surface area contributed by atoms with E-state index >= 15 is 0 Å². The van der Waals surface area contributed by atoms with Crippen molar-refractivity contribution in [2.75, 3.05) is 6.61 Å². The van der Waals surface area contributed by atoms with Crippen molar-refractivity contribution in [2.45, 2.75) is 175 Å². The van der Waals surface area contributed by atoms with Gasteiger partial charge in [-0.1, -0.05) is 149 Å². The number of hydrogen-bond acceptors (Lipinski definition) is 1. The second-order valence-electron chi connectivity index (χ2n) is 9.43. The van der Waals surface area contributed by atoms with Crippen molar-refractivity contribution < 1.29 is 4.74 Å². The maximum absolute atomic E-state index is 6.32. The van der Waals surface area contributed by atoms with Crippen molar-refractivity contribution >= 4 is 0 Å². The average molecular weight is 411 g/mol. The lowest BCUT2D eigenvalue weighted by Crippen LogP contribution is -2.14. The Morgan fingerprint density at radius 1 is 0.379 bits per heavy atom. The molecule has 0 bridgehead atoms. The van der Waals surface area contributed by atoms with Gasteiger partial charge in [0.2, 0.25) is 0 Å². The van der Waals surface area contributed by atoms with E-state index in [1.807, 2.05) is 0 Å². The van der Waals surface area contributed by atoms with Crippen LogP contribution in [-0.4, -0.2) is 12.7 Å². The lowest BCUT2D eigenvalue weighted by atomic mass is 10.0. The first-order valence-electron chi connectivity index (χ1n) is 14.0. The molecule has 1 heteroatoms. The number of rotatable bonds is 25. The first kappa shape index (κ1) is 29.0. The van der Waals surface area contributed by atoms with Gasteiger partial charge >= 0.3 is 0 Å². The predicted molar refractivity (Wildman–Crippen MR) is 133 cm³/mol. The zero-order valence-electron chi connectivity index (χ0n) is 21.0. The molecule has 0 amide bonds. The Balaban J connectivity index is 3.57. The van der Waals surface area contributed by atoms with Crippen LogP contribution in [0.2, 0.25) is 0 Å². The molecule has 0 N–H and O–H groups in total. The van der Waals surface area contributed by atoms with E-state index in [1.165, 1.54) is 148 Å². The van der Waals surface area contributed by atoms with Gasteiger partial charge in [0.15, 0.2) is 0 Å². The summed E-state index contributed by atoms with van der Waals surface area (Å²) >= 11 is 0. The van der Waals surface area contributed by atoms with E-state index in [-0.39, 0.29) is 0 Å². The smallest absolute Gasteiger partial charge is 0.0575 e. The molecular weight excluding hydrogens is 352 g/mol. The minimum atomic E-state index is 0.542. The Bertz CT molecular complexity index is 275. The van der Waals surface area contributed by atoms with Gasteiger partial charge in [-0.2, -0.15) is 0 Å². The summed E-state index contributed by atoms with van der Waals surface area (Å²) in [7, 11) is 0. The topological polar surface area (TPSA) is 9.23 Å². The van der Waals surface area contributed by atoms with Crippen LogP contribution in [0.4, 0.5) is 0 Å². The molecule has 1 atom stereocenters. The molecule has 0 aromatic carbocycles. The summed E-state index contributed by atoms with van der Waals surface area (Å²) in [5.74, 6) is 0. The van der Waals surface area contributed by atoms with E-state index in [2.05, 4.69) is 20.8 Å². The van der Waals surface area contributed by atoms with Crippen molar-refractivity contribution in [1.82, 2.24) is 0 Å². The van der Waals surface area contributed by atoms with Crippen molar-refractivity contribution in [3.05, 3.63) is 0 Å². The van der Waals surface area contributed by atoms with E-state index in [4.69, 9.17) is 4.74 Å². The van der Waals surface area contributed by atoms with Crippen LogP contribution in [0.5, 0.6) is 0 Å².